The van der Waals surface area contributed by atoms with Gasteiger partial charge in [-0.2, -0.15) is 0 Å². The van der Waals surface area contributed by atoms with Crippen LogP contribution >= 0.6 is 34.8 Å². The van der Waals surface area contributed by atoms with Gasteiger partial charge in [0.1, 0.15) is 10.7 Å². The number of carbonyl (C=O) groups excluding carboxylic acids is 4. The average Bonchev–Trinajstić information content (AvgIpc) is 3.13. The summed E-state index contributed by atoms with van der Waals surface area (Å²) in [6.07, 6.45) is 1.65. The number of carbonyl (C=O) groups is 4. The molecule has 0 saturated carbocycles. The third-order valence-corrected chi connectivity index (χ3v) is 6.59. The summed E-state index contributed by atoms with van der Waals surface area (Å²) in [6, 6.07) is 16.8. The molecule has 1 aliphatic rings. The van der Waals surface area contributed by atoms with E-state index in [0.29, 0.717) is 28.6 Å². The smallest absolute Gasteiger partial charge is 0.338 e. The number of ether oxygens (including phenoxy) is 1. The molecule has 3 aromatic rings. The molecule has 4 rings (SSSR count). The van der Waals surface area contributed by atoms with Gasteiger partial charge in [0.25, 0.3) is 17.7 Å². The molecule has 1 aliphatic heterocycles. The van der Waals surface area contributed by atoms with Gasteiger partial charge in [0.15, 0.2) is 0 Å². The molecular formula is C28H22Cl3N3O5. The van der Waals surface area contributed by atoms with Crippen LogP contribution in [-0.4, -0.2) is 30.3 Å². The van der Waals surface area contributed by atoms with Crippen LogP contribution in [0.25, 0.3) is 0 Å². The highest BCUT2D eigenvalue weighted by atomic mass is 35.5. The van der Waals surface area contributed by atoms with Crippen molar-refractivity contribution < 1.29 is 23.9 Å². The maximum absolute atomic E-state index is 13.2. The zero-order valence-electron chi connectivity index (χ0n) is 20.6. The van der Waals surface area contributed by atoms with E-state index in [1.165, 1.54) is 36.4 Å². The van der Waals surface area contributed by atoms with Crippen LogP contribution in [0.15, 0.2) is 77.5 Å². The number of hydrogen-bond acceptors (Lipinski definition) is 6. The molecule has 1 heterocycles. The Balaban J connectivity index is 1.47. The SMILES string of the molecule is CCCCOC(=O)c1ccc(N2C(=O)C(Cl)=C(Nc3cccc(C(=O)Nc4ccc(Cl)cc4Cl)c3)C2=O)cc1. The highest BCUT2D eigenvalue weighted by Gasteiger charge is 2.39. The molecule has 3 amide bonds. The lowest BCUT2D eigenvalue weighted by atomic mass is 10.1. The molecule has 0 fully saturated rings. The molecule has 0 aliphatic carbocycles. The molecular weight excluding hydrogens is 565 g/mol. The van der Waals surface area contributed by atoms with Gasteiger partial charge < -0.3 is 15.4 Å². The van der Waals surface area contributed by atoms with Crippen LogP contribution in [0, 0.1) is 0 Å². The predicted octanol–water partition coefficient (Wildman–Crippen LogP) is 6.64. The summed E-state index contributed by atoms with van der Waals surface area (Å²) in [6.45, 7) is 2.30. The summed E-state index contributed by atoms with van der Waals surface area (Å²) in [4.78, 5) is 51.8. The number of amides is 3. The Morgan fingerprint density at radius 2 is 1.64 bits per heavy atom. The van der Waals surface area contributed by atoms with Crippen molar-refractivity contribution in [3.63, 3.8) is 0 Å². The molecule has 0 unspecified atom stereocenters. The second kappa shape index (κ2) is 12.3. The lowest BCUT2D eigenvalue weighted by molar-refractivity contribution is -0.120. The van der Waals surface area contributed by atoms with Gasteiger partial charge in [-0.15, -0.1) is 0 Å². The van der Waals surface area contributed by atoms with Crippen molar-refractivity contribution in [1.82, 2.24) is 0 Å². The van der Waals surface area contributed by atoms with Crippen LogP contribution in [0.2, 0.25) is 10.0 Å². The molecule has 0 aromatic heterocycles. The molecule has 3 aromatic carbocycles. The van der Waals surface area contributed by atoms with Crippen molar-refractivity contribution in [3.05, 3.63) is 98.6 Å². The molecule has 200 valence electrons. The number of esters is 1. The maximum Gasteiger partial charge on any atom is 0.338 e. The lowest BCUT2D eigenvalue weighted by Gasteiger charge is -2.15. The van der Waals surface area contributed by atoms with Crippen LogP contribution in [0.3, 0.4) is 0 Å². The number of rotatable bonds is 9. The number of benzene rings is 3. The molecule has 0 saturated heterocycles. The Morgan fingerprint density at radius 3 is 2.33 bits per heavy atom. The van der Waals surface area contributed by atoms with Gasteiger partial charge in [0, 0.05) is 16.3 Å². The summed E-state index contributed by atoms with van der Waals surface area (Å²) < 4.78 is 5.18. The number of hydrogen-bond donors (Lipinski definition) is 2. The van der Waals surface area contributed by atoms with E-state index < -0.39 is 23.7 Å². The molecule has 0 spiro atoms. The van der Waals surface area contributed by atoms with Gasteiger partial charge in [-0.25, -0.2) is 9.69 Å². The first kappa shape index (κ1) is 28.2. The van der Waals surface area contributed by atoms with Gasteiger partial charge in [0.2, 0.25) is 0 Å². The Labute approximate surface area is 239 Å². The zero-order chi connectivity index (χ0) is 28.1. The molecule has 8 nitrogen and oxygen atoms in total. The lowest BCUT2D eigenvalue weighted by Crippen LogP contribution is -2.32. The van der Waals surface area contributed by atoms with Gasteiger partial charge in [-0.1, -0.05) is 54.2 Å². The Morgan fingerprint density at radius 1 is 0.897 bits per heavy atom. The normalized spacial score (nSPS) is 13.1. The molecule has 11 heteroatoms. The maximum atomic E-state index is 13.2. The minimum Gasteiger partial charge on any atom is -0.462 e. The quantitative estimate of drug-likeness (QED) is 0.165. The van der Waals surface area contributed by atoms with E-state index in [9.17, 15) is 19.2 Å². The summed E-state index contributed by atoms with van der Waals surface area (Å²) >= 11 is 18.3. The number of nitrogens with zero attached hydrogens (tertiary/aromatic N) is 1. The van der Waals surface area contributed by atoms with Crippen LogP contribution < -0.4 is 15.5 Å². The van der Waals surface area contributed by atoms with Gasteiger partial charge in [-0.3, -0.25) is 14.4 Å². The Kier molecular flexibility index (Phi) is 8.91. The minimum atomic E-state index is -0.728. The summed E-state index contributed by atoms with van der Waals surface area (Å²) in [5.41, 5.74) is 1.37. The standard InChI is InChI=1S/C28H22Cl3N3O5/c1-2-3-13-39-28(38)16-7-10-20(11-8-16)34-26(36)23(31)24(27(34)37)32-19-6-4-5-17(14-19)25(35)33-22-12-9-18(29)15-21(22)30/h4-12,14-15,32H,2-3,13H2,1H3,(H,33,35). The fourth-order valence-corrected chi connectivity index (χ4v) is 4.32. The summed E-state index contributed by atoms with van der Waals surface area (Å²) in [5, 5.41) is 5.93. The minimum absolute atomic E-state index is 0.150. The van der Waals surface area contributed by atoms with Crippen molar-refractivity contribution >= 4 is 75.6 Å². The predicted molar refractivity (Wildman–Crippen MR) is 151 cm³/mol. The fraction of sp³-hybridized carbons (Fsp3) is 0.143. The number of anilines is 3. The van der Waals surface area contributed by atoms with Gasteiger partial charge in [0.05, 0.1) is 28.6 Å². The van der Waals surface area contributed by atoms with E-state index in [1.807, 2.05) is 6.92 Å². The van der Waals surface area contributed by atoms with E-state index in [-0.39, 0.29) is 27.0 Å². The third kappa shape index (κ3) is 6.42. The first-order valence-electron chi connectivity index (χ1n) is 11.9. The molecule has 0 bridgehead atoms. The van der Waals surface area contributed by atoms with Crippen molar-refractivity contribution in [2.45, 2.75) is 19.8 Å². The summed E-state index contributed by atoms with van der Waals surface area (Å²) in [5.74, 6) is -2.36. The highest BCUT2D eigenvalue weighted by Crippen LogP contribution is 2.31. The first-order valence-corrected chi connectivity index (χ1v) is 13.0. The van der Waals surface area contributed by atoms with E-state index in [0.717, 1.165) is 17.7 Å². The van der Waals surface area contributed by atoms with E-state index in [4.69, 9.17) is 39.5 Å². The molecule has 0 radical (unpaired) electrons. The molecule has 39 heavy (non-hydrogen) atoms. The van der Waals surface area contributed by atoms with Gasteiger partial charge in [-0.05, 0) is 67.1 Å². The Bertz CT molecular complexity index is 1490. The van der Waals surface area contributed by atoms with Crippen molar-refractivity contribution in [2.75, 3.05) is 22.1 Å². The second-order valence-corrected chi connectivity index (χ2v) is 9.68. The van der Waals surface area contributed by atoms with Gasteiger partial charge >= 0.3 is 5.97 Å². The van der Waals surface area contributed by atoms with Crippen molar-refractivity contribution in [2.24, 2.45) is 0 Å². The van der Waals surface area contributed by atoms with Crippen molar-refractivity contribution in [1.29, 1.82) is 0 Å². The number of nitrogens with one attached hydrogen (secondary N) is 2. The Hall–Kier alpha value is -3.85. The van der Waals surface area contributed by atoms with E-state index in [1.54, 1.807) is 30.3 Å². The van der Waals surface area contributed by atoms with Crippen LogP contribution in [-0.2, 0) is 14.3 Å². The van der Waals surface area contributed by atoms with Crippen LogP contribution in [0.5, 0.6) is 0 Å². The van der Waals surface area contributed by atoms with E-state index >= 15 is 0 Å². The topological polar surface area (TPSA) is 105 Å². The molecule has 0 atom stereocenters. The zero-order valence-corrected chi connectivity index (χ0v) is 22.9. The highest BCUT2D eigenvalue weighted by molar-refractivity contribution is 6.53. The largest absolute Gasteiger partial charge is 0.462 e. The summed E-state index contributed by atoms with van der Waals surface area (Å²) in [7, 11) is 0. The first-order chi connectivity index (χ1) is 18.7. The number of halogens is 3. The van der Waals surface area contributed by atoms with Crippen LogP contribution in [0.4, 0.5) is 17.1 Å². The van der Waals surface area contributed by atoms with Crippen LogP contribution in [0.1, 0.15) is 40.5 Å². The second-order valence-electron chi connectivity index (χ2n) is 8.46. The van der Waals surface area contributed by atoms with E-state index in [2.05, 4.69) is 10.6 Å². The van der Waals surface area contributed by atoms with Crippen molar-refractivity contribution in [3.8, 4) is 0 Å². The fourth-order valence-electron chi connectivity index (χ4n) is 3.65. The number of unbranched alkanes of at least 4 members (excludes halogenated alkanes) is 1. The number of imide groups is 1. The average molecular weight is 587 g/mol. The monoisotopic (exact) mass is 585 g/mol. The third-order valence-electron chi connectivity index (χ3n) is 5.69. The molecule has 2 N–H and O–H groups in total.